The minimum Gasteiger partial charge on any atom is -0.351 e. The van der Waals surface area contributed by atoms with Crippen molar-refractivity contribution in [2.75, 3.05) is 0 Å². The maximum absolute atomic E-state index is 12.2. The number of benzene rings is 1. The molecule has 0 heterocycles. The Labute approximate surface area is 140 Å². The molecule has 1 aromatic rings. The van der Waals surface area contributed by atoms with E-state index in [1.54, 1.807) is 0 Å². The quantitative estimate of drug-likeness (QED) is 0.842. The Morgan fingerprint density at radius 1 is 1.27 bits per heavy atom. The number of amides is 1. The zero-order valence-electron chi connectivity index (χ0n) is 13.7. The van der Waals surface area contributed by atoms with Gasteiger partial charge in [-0.1, -0.05) is 36.8 Å². The first-order valence-corrected chi connectivity index (χ1v) is 8.07. The van der Waals surface area contributed by atoms with Gasteiger partial charge in [0.25, 0.3) is 0 Å². The number of carbonyl (C=O) groups is 1. The van der Waals surface area contributed by atoms with Gasteiger partial charge in [0.05, 0.1) is 0 Å². The van der Waals surface area contributed by atoms with Crippen LogP contribution in [0.3, 0.4) is 0 Å². The average molecular weight is 325 g/mol. The number of nitrogens with two attached hydrogens (primary N) is 1. The van der Waals surface area contributed by atoms with Crippen molar-refractivity contribution in [3.63, 3.8) is 0 Å². The van der Waals surface area contributed by atoms with Crippen LogP contribution in [-0.2, 0) is 11.2 Å². The van der Waals surface area contributed by atoms with Crippen LogP contribution in [0.25, 0.3) is 0 Å². The molecule has 1 aromatic carbocycles. The van der Waals surface area contributed by atoms with Crippen molar-refractivity contribution < 1.29 is 4.79 Å². The highest BCUT2D eigenvalue weighted by Crippen LogP contribution is 2.27. The van der Waals surface area contributed by atoms with Gasteiger partial charge in [-0.2, -0.15) is 0 Å². The Kier molecular flexibility index (Phi) is 7.37. The first-order chi connectivity index (χ1) is 9.96. The smallest absolute Gasteiger partial charge is 0.220 e. The van der Waals surface area contributed by atoms with E-state index in [0.29, 0.717) is 12.3 Å². The second-order valence-electron chi connectivity index (χ2n) is 6.98. The van der Waals surface area contributed by atoms with Gasteiger partial charge in [0.2, 0.25) is 5.91 Å². The van der Waals surface area contributed by atoms with Gasteiger partial charge in [-0.25, -0.2) is 0 Å². The summed E-state index contributed by atoms with van der Waals surface area (Å²) in [6.45, 7) is 4.20. The number of hydrogen-bond acceptors (Lipinski definition) is 2. The Morgan fingerprint density at radius 2 is 1.95 bits per heavy atom. The van der Waals surface area contributed by atoms with Crippen LogP contribution in [0.4, 0.5) is 0 Å². The molecule has 0 bridgehead atoms. The fourth-order valence-corrected chi connectivity index (χ4v) is 3.15. The zero-order chi connectivity index (χ0) is 15.3. The second kappa shape index (κ2) is 8.54. The summed E-state index contributed by atoms with van der Waals surface area (Å²) in [5.74, 6) is 0.519. The Bertz CT molecular complexity index is 461. The summed E-state index contributed by atoms with van der Waals surface area (Å²) in [6, 6.07) is 10.6. The van der Waals surface area contributed by atoms with Crippen LogP contribution in [0.15, 0.2) is 30.3 Å². The molecule has 3 nitrogen and oxygen atoms in total. The monoisotopic (exact) mass is 324 g/mol. The average Bonchev–Trinajstić information content (AvgIpc) is 2.83. The van der Waals surface area contributed by atoms with Crippen molar-refractivity contribution in [3.8, 4) is 0 Å². The van der Waals surface area contributed by atoms with E-state index in [4.69, 9.17) is 5.73 Å². The van der Waals surface area contributed by atoms with E-state index in [2.05, 4.69) is 43.4 Å². The van der Waals surface area contributed by atoms with E-state index in [0.717, 1.165) is 32.1 Å². The summed E-state index contributed by atoms with van der Waals surface area (Å²) in [4.78, 5) is 12.2. The van der Waals surface area contributed by atoms with Crippen molar-refractivity contribution in [2.24, 2.45) is 11.7 Å². The van der Waals surface area contributed by atoms with Crippen LogP contribution in [-0.4, -0.2) is 17.5 Å². The van der Waals surface area contributed by atoms with Gasteiger partial charge in [-0.3, -0.25) is 4.79 Å². The first-order valence-electron chi connectivity index (χ1n) is 8.07. The highest BCUT2D eigenvalue weighted by atomic mass is 35.5. The molecule has 0 radical (unpaired) electrons. The molecule has 124 valence electrons. The molecule has 2 rings (SSSR count). The summed E-state index contributed by atoms with van der Waals surface area (Å²) in [5.41, 5.74) is 7.19. The van der Waals surface area contributed by atoms with Gasteiger partial charge in [-0.15, -0.1) is 12.4 Å². The van der Waals surface area contributed by atoms with E-state index < -0.39 is 0 Å². The number of carbonyl (C=O) groups excluding carboxylic acids is 1. The fraction of sp³-hybridized carbons (Fsp3) is 0.611. The van der Waals surface area contributed by atoms with E-state index in [1.807, 2.05) is 6.07 Å². The number of halogens is 1. The Hall–Kier alpha value is -1.06. The number of aryl methyl sites for hydroxylation is 1. The van der Waals surface area contributed by atoms with Gasteiger partial charge in [-0.05, 0) is 51.0 Å². The molecule has 0 saturated heterocycles. The van der Waals surface area contributed by atoms with Crippen LogP contribution in [0.5, 0.6) is 0 Å². The zero-order valence-corrected chi connectivity index (χ0v) is 14.5. The van der Waals surface area contributed by atoms with Gasteiger partial charge in [0, 0.05) is 18.0 Å². The highest BCUT2D eigenvalue weighted by molar-refractivity contribution is 5.85. The van der Waals surface area contributed by atoms with Gasteiger partial charge < -0.3 is 11.1 Å². The van der Waals surface area contributed by atoms with Crippen molar-refractivity contribution >= 4 is 18.3 Å². The topological polar surface area (TPSA) is 55.1 Å². The van der Waals surface area contributed by atoms with E-state index in [1.165, 1.54) is 5.56 Å². The first kappa shape index (κ1) is 19.0. The van der Waals surface area contributed by atoms with Crippen LogP contribution in [0, 0.1) is 5.92 Å². The molecule has 4 heteroatoms. The fourth-order valence-electron chi connectivity index (χ4n) is 3.15. The molecule has 1 amide bonds. The summed E-state index contributed by atoms with van der Waals surface area (Å²) in [7, 11) is 0. The lowest BCUT2D eigenvalue weighted by molar-refractivity contribution is -0.123. The summed E-state index contributed by atoms with van der Waals surface area (Å²) in [5, 5.41) is 3.18. The highest BCUT2D eigenvalue weighted by Gasteiger charge is 2.28. The predicted molar refractivity (Wildman–Crippen MR) is 94.2 cm³/mol. The lowest BCUT2D eigenvalue weighted by Gasteiger charge is -2.27. The van der Waals surface area contributed by atoms with E-state index in [9.17, 15) is 4.79 Å². The summed E-state index contributed by atoms with van der Waals surface area (Å²) in [6.07, 6.45) is 5.83. The summed E-state index contributed by atoms with van der Waals surface area (Å²) < 4.78 is 0. The largest absolute Gasteiger partial charge is 0.351 e. The minimum absolute atomic E-state index is 0. The number of hydrogen-bond donors (Lipinski definition) is 2. The van der Waals surface area contributed by atoms with Crippen LogP contribution in [0.2, 0.25) is 0 Å². The number of nitrogens with one attached hydrogen (secondary N) is 1. The lowest BCUT2D eigenvalue weighted by atomic mass is 9.93. The molecule has 1 fully saturated rings. The molecule has 1 aliphatic carbocycles. The molecule has 1 saturated carbocycles. The molecule has 0 aliphatic heterocycles. The van der Waals surface area contributed by atoms with Crippen molar-refractivity contribution in [3.05, 3.63) is 35.9 Å². The summed E-state index contributed by atoms with van der Waals surface area (Å²) >= 11 is 0. The predicted octanol–water partition coefficient (Wildman–Crippen LogP) is 3.45. The van der Waals surface area contributed by atoms with Crippen molar-refractivity contribution in [1.82, 2.24) is 5.32 Å². The third-order valence-electron chi connectivity index (χ3n) is 4.52. The van der Waals surface area contributed by atoms with E-state index >= 15 is 0 Å². The molecule has 0 unspecified atom stereocenters. The minimum atomic E-state index is -0.171. The van der Waals surface area contributed by atoms with Crippen molar-refractivity contribution in [1.29, 1.82) is 0 Å². The maximum atomic E-state index is 12.2. The lowest BCUT2D eigenvalue weighted by Crippen LogP contribution is -2.45. The van der Waals surface area contributed by atoms with E-state index in [-0.39, 0.29) is 29.9 Å². The maximum Gasteiger partial charge on any atom is 0.220 e. The second-order valence-corrected chi connectivity index (χ2v) is 6.98. The molecule has 1 aliphatic rings. The third kappa shape index (κ3) is 5.98. The normalized spacial score (nSPS) is 21.2. The molecule has 2 atom stereocenters. The van der Waals surface area contributed by atoms with Gasteiger partial charge >= 0.3 is 0 Å². The molecule has 22 heavy (non-hydrogen) atoms. The van der Waals surface area contributed by atoms with Gasteiger partial charge in [0.15, 0.2) is 0 Å². The standard InChI is InChI=1S/C18H28N2O.ClH/c1-18(2,12-11-14-7-4-3-5-8-14)20-17(21)13-15-9-6-10-16(15)19;/h3-5,7-8,15-16H,6,9-13,19H2,1-2H3,(H,20,21);1H/t15-,16+;/m0./s1. The molecular weight excluding hydrogens is 296 g/mol. The third-order valence-corrected chi connectivity index (χ3v) is 4.52. The van der Waals surface area contributed by atoms with Crippen LogP contribution >= 0.6 is 12.4 Å². The van der Waals surface area contributed by atoms with Gasteiger partial charge in [0.1, 0.15) is 0 Å². The Morgan fingerprint density at radius 3 is 2.55 bits per heavy atom. The van der Waals surface area contributed by atoms with Crippen LogP contribution in [0.1, 0.15) is 51.5 Å². The Balaban J connectivity index is 0.00000242. The van der Waals surface area contributed by atoms with Crippen LogP contribution < -0.4 is 11.1 Å². The number of rotatable bonds is 6. The SMILES string of the molecule is CC(C)(CCc1ccccc1)NC(=O)C[C@@H]1CCC[C@H]1N.Cl. The molecular formula is C18H29ClN2O. The molecule has 3 N–H and O–H groups in total. The molecule has 0 aromatic heterocycles. The van der Waals surface area contributed by atoms with Crippen molar-refractivity contribution in [2.45, 2.75) is 64.0 Å². The molecule has 0 spiro atoms.